The Bertz CT molecular complexity index is 660. The van der Waals surface area contributed by atoms with Crippen LogP contribution in [-0.4, -0.2) is 16.8 Å². The Morgan fingerprint density at radius 3 is 2.48 bits per heavy atom. The van der Waals surface area contributed by atoms with E-state index in [9.17, 15) is 9.59 Å². The Balaban J connectivity index is 1.90. The lowest BCUT2D eigenvalue weighted by molar-refractivity contribution is -0.136. The highest BCUT2D eigenvalue weighted by Gasteiger charge is 2.14. The van der Waals surface area contributed by atoms with Crippen LogP contribution in [0.1, 0.15) is 5.56 Å². The molecule has 1 aromatic carbocycles. The van der Waals surface area contributed by atoms with E-state index in [0.717, 1.165) is 5.56 Å². The van der Waals surface area contributed by atoms with E-state index in [-0.39, 0.29) is 12.4 Å². The molecule has 2 N–H and O–H groups in total. The summed E-state index contributed by atoms with van der Waals surface area (Å²) in [6.07, 6.45) is 1.37. The molecule has 0 spiro atoms. The van der Waals surface area contributed by atoms with E-state index in [0.29, 0.717) is 10.0 Å². The number of amides is 2. The van der Waals surface area contributed by atoms with Crippen LogP contribution in [0.5, 0.6) is 0 Å². The molecule has 0 fully saturated rings. The first-order chi connectivity index (χ1) is 10.1. The zero-order valence-electron chi connectivity index (χ0n) is 10.8. The van der Waals surface area contributed by atoms with Crippen molar-refractivity contribution in [2.24, 2.45) is 0 Å². The molecule has 1 heterocycles. The molecule has 5 nitrogen and oxygen atoms in total. The van der Waals surface area contributed by atoms with Crippen LogP contribution < -0.4 is 10.6 Å². The molecule has 1 aromatic heterocycles. The lowest BCUT2D eigenvalue weighted by atomic mass is 10.2. The molecule has 7 heteroatoms. The predicted octanol–water partition coefficient (Wildman–Crippen LogP) is 2.64. The number of rotatable bonds is 3. The molecule has 0 saturated heterocycles. The highest BCUT2D eigenvalue weighted by molar-refractivity contribution is 6.39. The van der Waals surface area contributed by atoms with Crippen molar-refractivity contribution < 1.29 is 9.59 Å². The summed E-state index contributed by atoms with van der Waals surface area (Å²) >= 11 is 11.6. The maximum atomic E-state index is 11.7. The number of anilines is 1. The summed E-state index contributed by atoms with van der Waals surface area (Å²) in [7, 11) is 0. The van der Waals surface area contributed by atoms with Crippen molar-refractivity contribution in [1.82, 2.24) is 10.3 Å². The third kappa shape index (κ3) is 4.44. The summed E-state index contributed by atoms with van der Waals surface area (Å²) < 4.78 is 0. The fraction of sp³-hybridized carbons (Fsp3) is 0.0714. The molecule has 0 aliphatic carbocycles. The fourth-order valence-electron chi connectivity index (χ4n) is 1.52. The van der Waals surface area contributed by atoms with E-state index < -0.39 is 11.8 Å². The molecule has 21 heavy (non-hydrogen) atoms. The molecule has 2 amide bonds. The molecule has 108 valence electrons. The molecule has 0 atom stereocenters. The number of carbonyl (C=O) groups excluding carboxylic acids is 2. The standard InChI is InChI=1S/C14H11Cl2N3O2/c15-10-5-6-12(17-8-10)19-14(21)13(20)18-7-9-3-1-2-4-11(9)16/h1-6,8H,7H2,(H,18,20)(H,17,19,21). The zero-order chi connectivity index (χ0) is 15.2. The summed E-state index contributed by atoms with van der Waals surface area (Å²) in [5, 5.41) is 5.81. The largest absolute Gasteiger partial charge is 0.344 e. The Morgan fingerprint density at radius 1 is 1.05 bits per heavy atom. The lowest BCUT2D eigenvalue weighted by Gasteiger charge is -2.07. The maximum Gasteiger partial charge on any atom is 0.314 e. The molecule has 0 unspecified atom stereocenters. The number of pyridine rings is 1. The van der Waals surface area contributed by atoms with Crippen LogP contribution in [0.15, 0.2) is 42.6 Å². The number of benzene rings is 1. The summed E-state index contributed by atoms with van der Waals surface area (Å²) in [5.74, 6) is -1.33. The van der Waals surface area contributed by atoms with Gasteiger partial charge >= 0.3 is 11.8 Å². The quantitative estimate of drug-likeness (QED) is 0.853. The van der Waals surface area contributed by atoms with Gasteiger partial charge in [-0.25, -0.2) is 4.98 Å². The van der Waals surface area contributed by atoms with E-state index >= 15 is 0 Å². The Morgan fingerprint density at radius 2 is 1.81 bits per heavy atom. The van der Waals surface area contributed by atoms with Gasteiger partial charge in [-0.15, -0.1) is 0 Å². The minimum atomic E-state index is -0.808. The summed E-state index contributed by atoms with van der Waals surface area (Å²) in [5.41, 5.74) is 0.727. The van der Waals surface area contributed by atoms with Crippen LogP contribution in [0.3, 0.4) is 0 Å². The van der Waals surface area contributed by atoms with Crippen molar-refractivity contribution in [2.45, 2.75) is 6.54 Å². The van der Waals surface area contributed by atoms with Crippen molar-refractivity contribution in [2.75, 3.05) is 5.32 Å². The van der Waals surface area contributed by atoms with Gasteiger partial charge in [0.15, 0.2) is 0 Å². The second-order valence-electron chi connectivity index (χ2n) is 4.09. The van der Waals surface area contributed by atoms with Gasteiger partial charge in [-0.2, -0.15) is 0 Å². The first-order valence-electron chi connectivity index (χ1n) is 6.00. The van der Waals surface area contributed by atoms with Gasteiger partial charge in [0.2, 0.25) is 0 Å². The second-order valence-corrected chi connectivity index (χ2v) is 4.93. The summed E-state index contributed by atoms with van der Waals surface area (Å²) in [6.45, 7) is 0.167. The highest BCUT2D eigenvalue weighted by Crippen LogP contribution is 2.14. The van der Waals surface area contributed by atoms with Gasteiger partial charge in [0, 0.05) is 17.8 Å². The topological polar surface area (TPSA) is 71.1 Å². The molecule has 0 bridgehead atoms. The van der Waals surface area contributed by atoms with Crippen LogP contribution >= 0.6 is 23.2 Å². The molecule has 2 aromatic rings. The molecule has 0 radical (unpaired) electrons. The molecule has 0 aliphatic heterocycles. The van der Waals surface area contributed by atoms with Crippen molar-refractivity contribution >= 4 is 40.8 Å². The van der Waals surface area contributed by atoms with E-state index in [1.807, 2.05) is 0 Å². The van der Waals surface area contributed by atoms with E-state index in [1.165, 1.54) is 12.3 Å². The number of hydrogen-bond acceptors (Lipinski definition) is 3. The Labute approximate surface area is 131 Å². The van der Waals surface area contributed by atoms with Crippen molar-refractivity contribution in [3.8, 4) is 0 Å². The number of carbonyl (C=O) groups is 2. The van der Waals surface area contributed by atoms with Crippen molar-refractivity contribution in [1.29, 1.82) is 0 Å². The molecular weight excluding hydrogens is 313 g/mol. The summed E-state index contributed by atoms with van der Waals surface area (Å²) in [6, 6.07) is 10.1. The Hall–Kier alpha value is -2.11. The lowest BCUT2D eigenvalue weighted by Crippen LogP contribution is -2.35. The second kappa shape index (κ2) is 7.06. The SMILES string of the molecule is O=C(NCc1ccccc1Cl)C(=O)Nc1ccc(Cl)cn1. The van der Waals surface area contributed by atoms with Crippen LogP contribution in [0.25, 0.3) is 0 Å². The average molecular weight is 324 g/mol. The monoisotopic (exact) mass is 323 g/mol. The number of hydrogen-bond donors (Lipinski definition) is 2. The highest BCUT2D eigenvalue weighted by atomic mass is 35.5. The van der Waals surface area contributed by atoms with Crippen molar-refractivity contribution in [3.05, 3.63) is 58.2 Å². The summed E-state index contributed by atoms with van der Waals surface area (Å²) in [4.78, 5) is 27.2. The molecule has 2 rings (SSSR count). The van der Waals surface area contributed by atoms with Gasteiger partial charge in [-0.3, -0.25) is 9.59 Å². The first-order valence-corrected chi connectivity index (χ1v) is 6.76. The van der Waals surface area contributed by atoms with E-state index in [1.54, 1.807) is 30.3 Å². The van der Waals surface area contributed by atoms with Crippen LogP contribution in [0, 0.1) is 0 Å². The smallest absolute Gasteiger partial charge is 0.314 e. The maximum absolute atomic E-state index is 11.7. The van der Waals surface area contributed by atoms with Gasteiger partial charge in [-0.1, -0.05) is 41.4 Å². The third-order valence-corrected chi connectivity index (χ3v) is 3.16. The Kier molecular flexibility index (Phi) is 5.14. The van der Waals surface area contributed by atoms with E-state index in [2.05, 4.69) is 15.6 Å². The zero-order valence-corrected chi connectivity index (χ0v) is 12.3. The minimum absolute atomic E-state index is 0.167. The van der Waals surface area contributed by atoms with Crippen molar-refractivity contribution in [3.63, 3.8) is 0 Å². The van der Waals surface area contributed by atoms with Crippen LogP contribution in [0.2, 0.25) is 10.0 Å². The van der Waals surface area contributed by atoms with Gasteiger partial charge in [0.25, 0.3) is 0 Å². The third-order valence-electron chi connectivity index (χ3n) is 2.57. The predicted molar refractivity (Wildman–Crippen MR) is 81.2 cm³/mol. The number of nitrogens with one attached hydrogen (secondary N) is 2. The number of halogens is 2. The first kappa shape index (κ1) is 15.3. The number of aromatic nitrogens is 1. The number of nitrogens with zero attached hydrogens (tertiary/aromatic N) is 1. The molecular formula is C14H11Cl2N3O2. The van der Waals surface area contributed by atoms with Crippen LogP contribution in [-0.2, 0) is 16.1 Å². The van der Waals surface area contributed by atoms with Gasteiger partial charge < -0.3 is 10.6 Å². The normalized spacial score (nSPS) is 10.0. The fourth-order valence-corrected chi connectivity index (χ4v) is 1.83. The average Bonchev–Trinajstić information content (AvgIpc) is 2.48. The van der Waals surface area contributed by atoms with Gasteiger partial charge in [0.05, 0.1) is 5.02 Å². The van der Waals surface area contributed by atoms with Gasteiger partial charge in [0.1, 0.15) is 5.82 Å². The minimum Gasteiger partial charge on any atom is -0.344 e. The van der Waals surface area contributed by atoms with E-state index in [4.69, 9.17) is 23.2 Å². The molecule has 0 aliphatic rings. The molecule has 0 saturated carbocycles. The van der Waals surface area contributed by atoms with Gasteiger partial charge in [-0.05, 0) is 23.8 Å². The van der Waals surface area contributed by atoms with Crippen LogP contribution in [0.4, 0.5) is 5.82 Å².